The van der Waals surface area contributed by atoms with Crippen molar-refractivity contribution in [3.05, 3.63) is 23.4 Å². The van der Waals surface area contributed by atoms with Crippen LogP contribution in [0.1, 0.15) is 30.9 Å². The first-order chi connectivity index (χ1) is 8.29. The maximum atomic E-state index is 5.67. The number of hydrogen-bond donors (Lipinski definition) is 1. The van der Waals surface area contributed by atoms with Gasteiger partial charge in [-0.25, -0.2) is 4.98 Å². The van der Waals surface area contributed by atoms with Gasteiger partial charge in [0.1, 0.15) is 6.61 Å². The van der Waals surface area contributed by atoms with E-state index in [4.69, 9.17) is 15.2 Å². The molecule has 1 heterocycles. The third kappa shape index (κ3) is 4.71. The molecule has 2 N–H and O–H groups in total. The molecule has 0 fully saturated rings. The van der Waals surface area contributed by atoms with Gasteiger partial charge in [-0.1, -0.05) is 13.3 Å². The van der Waals surface area contributed by atoms with Crippen LogP contribution in [0, 0.1) is 6.92 Å². The molecule has 1 rings (SSSR count). The molecule has 4 nitrogen and oxygen atoms in total. The SMILES string of the molecule is CCCCOCCOc1nccc(C)c1CN. The lowest BCUT2D eigenvalue weighted by molar-refractivity contribution is 0.0961. The number of nitrogens with two attached hydrogens (primary N) is 1. The summed E-state index contributed by atoms with van der Waals surface area (Å²) in [7, 11) is 0. The van der Waals surface area contributed by atoms with Crippen molar-refractivity contribution in [2.45, 2.75) is 33.2 Å². The fourth-order valence-corrected chi connectivity index (χ4v) is 1.48. The van der Waals surface area contributed by atoms with E-state index in [-0.39, 0.29) is 0 Å². The Morgan fingerprint density at radius 2 is 2.12 bits per heavy atom. The van der Waals surface area contributed by atoms with E-state index in [9.17, 15) is 0 Å². The summed E-state index contributed by atoms with van der Waals surface area (Å²) in [4.78, 5) is 4.19. The third-order valence-electron chi connectivity index (χ3n) is 2.56. The van der Waals surface area contributed by atoms with Crippen LogP contribution in [0.15, 0.2) is 12.3 Å². The second-order valence-electron chi connectivity index (χ2n) is 3.93. The minimum Gasteiger partial charge on any atom is -0.475 e. The van der Waals surface area contributed by atoms with Gasteiger partial charge >= 0.3 is 0 Å². The number of nitrogens with zero attached hydrogens (tertiary/aromatic N) is 1. The first-order valence-corrected chi connectivity index (χ1v) is 6.14. The van der Waals surface area contributed by atoms with Crippen LogP contribution in [-0.2, 0) is 11.3 Å². The van der Waals surface area contributed by atoms with Gasteiger partial charge in [-0.05, 0) is 25.0 Å². The Morgan fingerprint density at radius 3 is 2.82 bits per heavy atom. The normalized spacial score (nSPS) is 10.5. The predicted octanol–water partition coefficient (Wildman–Crippen LogP) is 2.04. The average molecular weight is 238 g/mol. The molecule has 0 bridgehead atoms. The zero-order valence-electron chi connectivity index (χ0n) is 10.7. The maximum absolute atomic E-state index is 5.67. The van der Waals surface area contributed by atoms with Crippen LogP contribution >= 0.6 is 0 Å². The average Bonchev–Trinajstić information content (AvgIpc) is 2.34. The molecular weight excluding hydrogens is 216 g/mol. The van der Waals surface area contributed by atoms with Crippen LogP contribution in [0.4, 0.5) is 0 Å². The highest BCUT2D eigenvalue weighted by molar-refractivity contribution is 5.33. The van der Waals surface area contributed by atoms with Crippen LogP contribution in [0.3, 0.4) is 0 Å². The highest BCUT2D eigenvalue weighted by Gasteiger charge is 2.06. The molecule has 0 radical (unpaired) electrons. The van der Waals surface area contributed by atoms with E-state index >= 15 is 0 Å². The van der Waals surface area contributed by atoms with E-state index in [1.165, 1.54) is 0 Å². The molecular formula is C13H22N2O2. The van der Waals surface area contributed by atoms with Gasteiger partial charge in [0.2, 0.25) is 5.88 Å². The standard InChI is InChI=1S/C13H22N2O2/c1-3-4-7-16-8-9-17-13-12(10-14)11(2)5-6-15-13/h5-6H,3-4,7-10,14H2,1-2H3. The van der Waals surface area contributed by atoms with Crippen molar-refractivity contribution in [2.24, 2.45) is 5.73 Å². The predicted molar refractivity (Wildman–Crippen MR) is 68.1 cm³/mol. The number of aryl methyl sites for hydroxylation is 1. The number of unbranched alkanes of at least 4 members (excludes halogenated alkanes) is 1. The first kappa shape index (κ1) is 13.9. The van der Waals surface area contributed by atoms with E-state index in [1.807, 2.05) is 13.0 Å². The van der Waals surface area contributed by atoms with Crippen LogP contribution < -0.4 is 10.5 Å². The number of pyridine rings is 1. The van der Waals surface area contributed by atoms with E-state index in [0.29, 0.717) is 25.6 Å². The maximum Gasteiger partial charge on any atom is 0.218 e. The van der Waals surface area contributed by atoms with Crippen molar-refractivity contribution in [3.63, 3.8) is 0 Å². The Kier molecular flexibility index (Phi) is 6.58. The zero-order chi connectivity index (χ0) is 12.5. The van der Waals surface area contributed by atoms with Crippen molar-refractivity contribution in [1.29, 1.82) is 0 Å². The van der Waals surface area contributed by atoms with Crippen LogP contribution in [-0.4, -0.2) is 24.8 Å². The Balaban J connectivity index is 2.33. The zero-order valence-corrected chi connectivity index (χ0v) is 10.7. The minimum atomic E-state index is 0.450. The molecule has 0 amide bonds. The van der Waals surface area contributed by atoms with E-state index in [0.717, 1.165) is 30.6 Å². The third-order valence-corrected chi connectivity index (χ3v) is 2.56. The lowest BCUT2D eigenvalue weighted by Gasteiger charge is -2.11. The minimum absolute atomic E-state index is 0.450. The van der Waals surface area contributed by atoms with Crippen molar-refractivity contribution in [3.8, 4) is 5.88 Å². The monoisotopic (exact) mass is 238 g/mol. The largest absolute Gasteiger partial charge is 0.475 e. The number of hydrogen-bond acceptors (Lipinski definition) is 4. The summed E-state index contributed by atoms with van der Waals surface area (Å²) in [6, 6.07) is 1.94. The Labute approximate surface area is 103 Å². The van der Waals surface area contributed by atoms with Gasteiger partial charge in [-0.3, -0.25) is 0 Å². The van der Waals surface area contributed by atoms with E-state index in [1.54, 1.807) is 6.20 Å². The smallest absolute Gasteiger partial charge is 0.218 e. The van der Waals surface area contributed by atoms with Gasteiger partial charge in [0.05, 0.1) is 6.61 Å². The summed E-state index contributed by atoms with van der Waals surface area (Å²) in [6.45, 7) is 6.52. The first-order valence-electron chi connectivity index (χ1n) is 6.14. The van der Waals surface area contributed by atoms with Gasteiger partial charge in [-0.2, -0.15) is 0 Å². The molecule has 0 aliphatic rings. The van der Waals surface area contributed by atoms with Gasteiger partial charge in [0.25, 0.3) is 0 Å². The highest BCUT2D eigenvalue weighted by atomic mass is 16.5. The Hall–Kier alpha value is -1.13. The molecule has 1 aromatic rings. The molecule has 0 aliphatic carbocycles. The molecule has 1 aromatic heterocycles. The van der Waals surface area contributed by atoms with Crippen LogP contribution in [0.25, 0.3) is 0 Å². The second kappa shape index (κ2) is 8.03. The van der Waals surface area contributed by atoms with Gasteiger partial charge in [0, 0.05) is 24.9 Å². The summed E-state index contributed by atoms with van der Waals surface area (Å²) >= 11 is 0. The number of aromatic nitrogens is 1. The summed E-state index contributed by atoms with van der Waals surface area (Å²) in [5.74, 6) is 0.631. The van der Waals surface area contributed by atoms with Gasteiger partial charge in [-0.15, -0.1) is 0 Å². The lowest BCUT2D eigenvalue weighted by atomic mass is 10.1. The number of rotatable bonds is 8. The molecule has 0 saturated carbocycles. The molecule has 0 unspecified atom stereocenters. The molecule has 0 atom stereocenters. The highest BCUT2D eigenvalue weighted by Crippen LogP contribution is 2.17. The van der Waals surface area contributed by atoms with Crippen molar-refractivity contribution >= 4 is 0 Å². The van der Waals surface area contributed by atoms with Crippen LogP contribution in [0.2, 0.25) is 0 Å². The quantitative estimate of drug-likeness (QED) is 0.704. The van der Waals surface area contributed by atoms with Gasteiger partial charge in [0.15, 0.2) is 0 Å². The van der Waals surface area contributed by atoms with Crippen molar-refractivity contribution in [2.75, 3.05) is 19.8 Å². The molecule has 0 aliphatic heterocycles. The summed E-state index contributed by atoms with van der Waals surface area (Å²) < 4.78 is 11.0. The summed E-state index contributed by atoms with van der Waals surface area (Å²) in [6.07, 6.45) is 3.98. The van der Waals surface area contributed by atoms with Crippen LogP contribution in [0.5, 0.6) is 5.88 Å². The van der Waals surface area contributed by atoms with Gasteiger partial charge < -0.3 is 15.2 Å². The van der Waals surface area contributed by atoms with E-state index < -0.39 is 0 Å². The molecule has 0 spiro atoms. The number of ether oxygens (including phenoxy) is 2. The second-order valence-corrected chi connectivity index (χ2v) is 3.93. The fourth-order valence-electron chi connectivity index (χ4n) is 1.48. The molecule has 0 saturated heterocycles. The van der Waals surface area contributed by atoms with Crippen molar-refractivity contribution < 1.29 is 9.47 Å². The molecule has 17 heavy (non-hydrogen) atoms. The fraction of sp³-hybridized carbons (Fsp3) is 0.615. The molecule has 96 valence electrons. The molecule has 4 heteroatoms. The van der Waals surface area contributed by atoms with E-state index in [2.05, 4.69) is 11.9 Å². The lowest BCUT2D eigenvalue weighted by Crippen LogP contribution is -2.11. The van der Waals surface area contributed by atoms with Crippen molar-refractivity contribution in [1.82, 2.24) is 4.98 Å². The Morgan fingerprint density at radius 1 is 1.29 bits per heavy atom. The summed E-state index contributed by atoms with van der Waals surface area (Å²) in [5.41, 5.74) is 7.76. The topological polar surface area (TPSA) is 57.4 Å². The Bertz CT molecular complexity index is 329. The summed E-state index contributed by atoms with van der Waals surface area (Å²) in [5, 5.41) is 0. The molecule has 0 aromatic carbocycles.